The Labute approximate surface area is 126 Å². The lowest BCUT2D eigenvalue weighted by Gasteiger charge is -2.07. The van der Waals surface area contributed by atoms with Crippen molar-refractivity contribution in [2.45, 2.75) is 5.75 Å². The molecular weight excluding hydrogens is 306 g/mol. The van der Waals surface area contributed by atoms with Crippen molar-refractivity contribution in [3.63, 3.8) is 0 Å². The maximum absolute atomic E-state index is 12.2. The van der Waals surface area contributed by atoms with Crippen LogP contribution in [0.4, 0.5) is 10.8 Å². The van der Waals surface area contributed by atoms with Crippen molar-refractivity contribution in [1.82, 2.24) is 4.98 Å². The van der Waals surface area contributed by atoms with Crippen LogP contribution in [0.1, 0.15) is 5.56 Å². The van der Waals surface area contributed by atoms with Gasteiger partial charge in [-0.2, -0.15) is 0 Å². The molecule has 5 nitrogen and oxygen atoms in total. The van der Waals surface area contributed by atoms with Crippen LogP contribution < -0.4 is 10.5 Å². The maximum Gasteiger partial charge on any atom is 0.238 e. The van der Waals surface area contributed by atoms with Gasteiger partial charge in [0.25, 0.3) is 0 Å². The van der Waals surface area contributed by atoms with Gasteiger partial charge in [-0.05, 0) is 23.8 Å². The largest absolute Gasteiger partial charge is 0.398 e. The molecule has 0 radical (unpaired) electrons. The first-order chi connectivity index (χ1) is 10.0. The number of anilines is 2. The van der Waals surface area contributed by atoms with E-state index in [1.807, 2.05) is 24.3 Å². The zero-order chi connectivity index (χ0) is 14.9. The Hall–Kier alpha value is -2.12. The lowest BCUT2D eigenvalue weighted by molar-refractivity contribution is 0.600. The molecule has 1 aromatic heterocycles. The zero-order valence-corrected chi connectivity index (χ0v) is 12.6. The van der Waals surface area contributed by atoms with E-state index in [0.717, 1.165) is 10.2 Å². The van der Waals surface area contributed by atoms with E-state index in [4.69, 9.17) is 5.73 Å². The van der Waals surface area contributed by atoms with Crippen molar-refractivity contribution in [3.8, 4) is 0 Å². The number of fused-ring (bicyclic) bond motifs is 1. The van der Waals surface area contributed by atoms with Crippen LogP contribution >= 0.6 is 11.3 Å². The summed E-state index contributed by atoms with van der Waals surface area (Å²) < 4.78 is 27.8. The fraction of sp³-hybridized carbons (Fsp3) is 0.0714. The number of aromatic nitrogens is 1. The quantitative estimate of drug-likeness (QED) is 0.724. The molecule has 3 N–H and O–H groups in total. The fourth-order valence-corrected chi connectivity index (χ4v) is 4.28. The highest BCUT2D eigenvalue weighted by atomic mass is 32.2. The number of rotatable bonds is 4. The summed E-state index contributed by atoms with van der Waals surface area (Å²) in [6, 6.07) is 14.4. The number of hydrogen-bond donors (Lipinski definition) is 2. The van der Waals surface area contributed by atoms with E-state index in [0.29, 0.717) is 16.4 Å². The highest BCUT2D eigenvalue weighted by Crippen LogP contribution is 2.26. The van der Waals surface area contributed by atoms with E-state index >= 15 is 0 Å². The molecule has 0 bridgehead atoms. The predicted octanol–water partition coefficient (Wildman–Crippen LogP) is 2.82. The van der Waals surface area contributed by atoms with Crippen LogP contribution in [-0.2, 0) is 15.8 Å². The number of nitrogen functional groups attached to an aromatic ring is 1. The SMILES string of the molecule is Nc1ccccc1CS(=O)(=O)Nc1nc2ccccc2s1. The molecule has 0 saturated heterocycles. The summed E-state index contributed by atoms with van der Waals surface area (Å²) in [7, 11) is -3.54. The predicted molar refractivity (Wildman–Crippen MR) is 86.7 cm³/mol. The minimum Gasteiger partial charge on any atom is -0.398 e. The van der Waals surface area contributed by atoms with Gasteiger partial charge < -0.3 is 5.73 Å². The third-order valence-corrected chi connectivity index (χ3v) is 5.21. The lowest BCUT2D eigenvalue weighted by atomic mass is 10.2. The van der Waals surface area contributed by atoms with Crippen molar-refractivity contribution >= 4 is 42.4 Å². The molecule has 0 aliphatic heterocycles. The van der Waals surface area contributed by atoms with Gasteiger partial charge in [-0.3, -0.25) is 4.72 Å². The standard InChI is InChI=1S/C14H13N3O2S2/c15-11-6-2-1-5-10(11)9-21(18,19)17-14-16-12-7-3-4-8-13(12)20-14/h1-8H,9,15H2,(H,16,17). The van der Waals surface area contributed by atoms with Crippen molar-refractivity contribution in [1.29, 1.82) is 0 Å². The Bertz CT molecular complexity index is 855. The van der Waals surface area contributed by atoms with Crippen molar-refractivity contribution < 1.29 is 8.42 Å². The Balaban J connectivity index is 1.84. The number of hydrogen-bond acceptors (Lipinski definition) is 5. The molecular formula is C14H13N3O2S2. The number of benzene rings is 2. The van der Waals surface area contributed by atoms with Gasteiger partial charge in [0.1, 0.15) is 0 Å². The topological polar surface area (TPSA) is 85.1 Å². The molecule has 7 heteroatoms. The minimum absolute atomic E-state index is 0.171. The molecule has 0 amide bonds. The maximum atomic E-state index is 12.2. The van der Waals surface area contributed by atoms with Gasteiger partial charge >= 0.3 is 0 Å². The number of sulfonamides is 1. The van der Waals surface area contributed by atoms with E-state index in [9.17, 15) is 8.42 Å². The van der Waals surface area contributed by atoms with Gasteiger partial charge in [-0.15, -0.1) is 0 Å². The summed E-state index contributed by atoms with van der Waals surface area (Å²) >= 11 is 1.31. The Morgan fingerprint density at radius 3 is 2.57 bits per heavy atom. The lowest BCUT2D eigenvalue weighted by Crippen LogP contribution is -2.15. The van der Waals surface area contributed by atoms with Gasteiger partial charge in [0, 0.05) is 5.69 Å². The van der Waals surface area contributed by atoms with Crippen molar-refractivity contribution in [2.75, 3.05) is 10.5 Å². The van der Waals surface area contributed by atoms with Crippen LogP contribution in [0.3, 0.4) is 0 Å². The van der Waals surface area contributed by atoms with Gasteiger partial charge in [-0.1, -0.05) is 41.7 Å². The molecule has 0 fully saturated rings. The Morgan fingerprint density at radius 1 is 1.10 bits per heavy atom. The summed E-state index contributed by atoms with van der Waals surface area (Å²) in [5, 5.41) is 0.366. The molecule has 3 rings (SSSR count). The highest BCUT2D eigenvalue weighted by Gasteiger charge is 2.15. The van der Waals surface area contributed by atoms with Crippen LogP contribution in [0.25, 0.3) is 10.2 Å². The minimum atomic E-state index is -3.54. The van der Waals surface area contributed by atoms with E-state index in [1.54, 1.807) is 24.3 Å². The molecule has 0 unspecified atom stereocenters. The van der Waals surface area contributed by atoms with Gasteiger partial charge in [0.05, 0.1) is 16.0 Å². The second-order valence-corrected chi connectivity index (χ2v) is 7.30. The summed E-state index contributed by atoms with van der Waals surface area (Å²) in [6.45, 7) is 0. The Morgan fingerprint density at radius 2 is 1.81 bits per heavy atom. The monoisotopic (exact) mass is 319 g/mol. The second-order valence-electron chi connectivity index (χ2n) is 4.55. The van der Waals surface area contributed by atoms with Crippen molar-refractivity contribution in [2.24, 2.45) is 0 Å². The van der Waals surface area contributed by atoms with Gasteiger partial charge in [0.15, 0.2) is 5.13 Å². The second kappa shape index (κ2) is 5.34. The first kappa shape index (κ1) is 13.8. The molecule has 0 atom stereocenters. The molecule has 0 aliphatic rings. The summed E-state index contributed by atoms with van der Waals surface area (Å²) in [6.07, 6.45) is 0. The van der Waals surface area contributed by atoms with Crippen LogP contribution in [0.15, 0.2) is 48.5 Å². The van der Waals surface area contributed by atoms with Gasteiger partial charge in [-0.25, -0.2) is 13.4 Å². The zero-order valence-electron chi connectivity index (χ0n) is 11.0. The smallest absolute Gasteiger partial charge is 0.238 e. The van der Waals surface area contributed by atoms with Crippen molar-refractivity contribution in [3.05, 3.63) is 54.1 Å². The fourth-order valence-electron chi connectivity index (χ4n) is 1.96. The molecule has 0 aliphatic carbocycles. The first-order valence-corrected chi connectivity index (χ1v) is 8.70. The molecule has 0 saturated carbocycles. The molecule has 21 heavy (non-hydrogen) atoms. The molecule has 2 aromatic carbocycles. The van der Waals surface area contributed by atoms with E-state index in [-0.39, 0.29) is 5.75 Å². The third-order valence-electron chi connectivity index (χ3n) is 2.94. The number of nitrogens with one attached hydrogen (secondary N) is 1. The molecule has 0 spiro atoms. The van der Waals surface area contributed by atoms with Crippen LogP contribution in [0, 0.1) is 0 Å². The highest BCUT2D eigenvalue weighted by molar-refractivity contribution is 7.92. The Kier molecular flexibility index (Phi) is 3.52. The number of para-hydroxylation sites is 2. The first-order valence-electron chi connectivity index (χ1n) is 6.23. The summed E-state index contributed by atoms with van der Waals surface area (Å²) in [5.41, 5.74) is 7.59. The normalized spacial score (nSPS) is 11.6. The van der Waals surface area contributed by atoms with E-state index < -0.39 is 10.0 Å². The summed E-state index contributed by atoms with van der Waals surface area (Å²) in [5.74, 6) is -0.171. The third kappa shape index (κ3) is 3.14. The average Bonchev–Trinajstić information content (AvgIpc) is 2.82. The molecule has 1 heterocycles. The number of nitrogens with two attached hydrogens (primary N) is 1. The van der Waals surface area contributed by atoms with Crippen LogP contribution in [-0.4, -0.2) is 13.4 Å². The average molecular weight is 319 g/mol. The van der Waals surface area contributed by atoms with Gasteiger partial charge in [0.2, 0.25) is 10.0 Å². The summed E-state index contributed by atoms with van der Waals surface area (Å²) in [4.78, 5) is 4.26. The van der Waals surface area contributed by atoms with Crippen LogP contribution in [0.5, 0.6) is 0 Å². The molecule has 108 valence electrons. The van der Waals surface area contributed by atoms with E-state index in [1.165, 1.54) is 11.3 Å². The van der Waals surface area contributed by atoms with E-state index in [2.05, 4.69) is 9.71 Å². The molecule has 3 aromatic rings. The number of thiazole rings is 1. The number of nitrogens with zero attached hydrogens (tertiary/aromatic N) is 1. The van der Waals surface area contributed by atoms with Crippen LogP contribution in [0.2, 0.25) is 0 Å².